The number of nitrogens with one attached hydrogen (secondary N) is 1. The normalized spacial score (nSPS) is 11.4. The Morgan fingerprint density at radius 1 is 1.10 bits per heavy atom. The summed E-state index contributed by atoms with van der Waals surface area (Å²) in [7, 11) is 1.55. The van der Waals surface area contributed by atoms with Crippen LogP contribution < -0.4 is 10.1 Å². The van der Waals surface area contributed by atoms with Crippen LogP contribution in [0.25, 0.3) is 5.69 Å². The molecule has 8 heteroatoms. The van der Waals surface area contributed by atoms with Gasteiger partial charge in [-0.25, -0.2) is 4.68 Å². The number of halogens is 3. The number of carbonyl (C=O) groups excluding carboxylic acids is 1. The van der Waals surface area contributed by atoms with Gasteiger partial charge in [0, 0.05) is 18.7 Å². The van der Waals surface area contributed by atoms with Crippen molar-refractivity contribution in [3.05, 3.63) is 76.6 Å². The van der Waals surface area contributed by atoms with Crippen LogP contribution in [0.3, 0.4) is 0 Å². The number of aromatic nitrogens is 2. The Balaban J connectivity index is 1.72. The molecule has 0 aliphatic rings. The van der Waals surface area contributed by atoms with Gasteiger partial charge in [0.2, 0.25) is 5.91 Å². The van der Waals surface area contributed by atoms with Gasteiger partial charge in [-0.05, 0) is 55.7 Å². The summed E-state index contributed by atoms with van der Waals surface area (Å²) in [6, 6.07) is 13.1. The number of alkyl halides is 3. The Kier molecular flexibility index (Phi) is 6.68. The molecule has 0 fully saturated rings. The van der Waals surface area contributed by atoms with Gasteiger partial charge in [-0.3, -0.25) is 4.79 Å². The number of amides is 1. The van der Waals surface area contributed by atoms with Gasteiger partial charge in [-0.15, -0.1) is 0 Å². The van der Waals surface area contributed by atoms with Gasteiger partial charge >= 0.3 is 6.18 Å². The smallest absolute Gasteiger partial charge is 0.416 e. The molecule has 0 saturated heterocycles. The number of aryl methyl sites for hydroxylation is 3. The van der Waals surface area contributed by atoms with Crippen LogP contribution in [0.15, 0.2) is 48.5 Å². The number of para-hydroxylation sites is 1. The van der Waals surface area contributed by atoms with Gasteiger partial charge in [0.1, 0.15) is 5.75 Å². The standard InChI is InChI=1S/C23H24F3N3O2/c1-15-12-16(2)29(28-15)19-10-8-18(20(13-19)23(24,25)26)14-27-22(30)11-9-17-6-4-5-7-21(17)31-3/h4-8,10,12-13H,9,11,14H2,1-3H3,(H,27,30). The largest absolute Gasteiger partial charge is 0.496 e. The molecule has 0 aliphatic carbocycles. The summed E-state index contributed by atoms with van der Waals surface area (Å²) < 4.78 is 47.7. The Hall–Kier alpha value is -3.29. The summed E-state index contributed by atoms with van der Waals surface area (Å²) in [4.78, 5) is 12.2. The maximum atomic E-state index is 13.7. The van der Waals surface area contributed by atoms with E-state index in [4.69, 9.17) is 4.74 Å². The van der Waals surface area contributed by atoms with Crippen molar-refractivity contribution in [1.82, 2.24) is 15.1 Å². The average molecular weight is 431 g/mol. The second-order valence-electron chi connectivity index (χ2n) is 7.27. The first-order valence-corrected chi connectivity index (χ1v) is 9.81. The Morgan fingerprint density at radius 3 is 2.48 bits per heavy atom. The second kappa shape index (κ2) is 9.24. The second-order valence-corrected chi connectivity index (χ2v) is 7.27. The number of rotatable bonds is 7. The molecule has 1 amide bonds. The topological polar surface area (TPSA) is 56.1 Å². The summed E-state index contributed by atoms with van der Waals surface area (Å²) in [5, 5.41) is 6.84. The highest BCUT2D eigenvalue weighted by Gasteiger charge is 2.34. The third-order valence-electron chi connectivity index (χ3n) is 4.94. The van der Waals surface area contributed by atoms with Crippen molar-refractivity contribution in [2.45, 2.75) is 39.4 Å². The van der Waals surface area contributed by atoms with Crippen LogP contribution in [0.2, 0.25) is 0 Å². The van der Waals surface area contributed by atoms with Crippen molar-refractivity contribution in [3.63, 3.8) is 0 Å². The van der Waals surface area contributed by atoms with Crippen LogP contribution in [-0.2, 0) is 23.9 Å². The quantitative estimate of drug-likeness (QED) is 0.587. The molecule has 0 saturated carbocycles. The van der Waals surface area contributed by atoms with Crippen molar-refractivity contribution in [2.24, 2.45) is 0 Å². The highest BCUT2D eigenvalue weighted by Crippen LogP contribution is 2.33. The SMILES string of the molecule is COc1ccccc1CCC(=O)NCc1ccc(-n2nc(C)cc2C)cc1C(F)(F)F. The van der Waals surface area contributed by atoms with Crippen molar-refractivity contribution in [1.29, 1.82) is 0 Å². The highest BCUT2D eigenvalue weighted by molar-refractivity contribution is 5.76. The molecule has 3 aromatic rings. The van der Waals surface area contributed by atoms with Crippen LogP contribution in [0, 0.1) is 13.8 Å². The van der Waals surface area contributed by atoms with E-state index in [-0.39, 0.29) is 24.4 Å². The van der Waals surface area contributed by atoms with Gasteiger partial charge in [-0.2, -0.15) is 18.3 Å². The van der Waals surface area contributed by atoms with Crippen molar-refractivity contribution < 1.29 is 22.7 Å². The number of hydrogen-bond donors (Lipinski definition) is 1. The number of benzene rings is 2. The lowest BCUT2D eigenvalue weighted by Crippen LogP contribution is -2.25. The third kappa shape index (κ3) is 5.45. The predicted molar refractivity (Wildman–Crippen MR) is 111 cm³/mol. The molecule has 1 N–H and O–H groups in total. The molecule has 0 bridgehead atoms. The van der Waals surface area contributed by atoms with E-state index in [1.165, 1.54) is 10.7 Å². The summed E-state index contributed by atoms with van der Waals surface area (Å²) in [6.07, 6.45) is -3.98. The first kappa shape index (κ1) is 22.4. The van der Waals surface area contributed by atoms with Crippen LogP contribution in [0.5, 0.6) is 5.75 Å². The summed E-state index contributed by atoms with van der Waals surface area (Å²) in [5.41, 5.74) is 1.86. The van der Waals surface area contributed by atoms with Crippen molar-refractivity contribution in [3.8, 4) is 11.4 Å². The number of nitrogens with zero attached hydrogens (tertiary/aromatic N) is 2. The van der Waals surface area contributed by atoms with Gasteiger partial charge in [0.05, 0.1) is 24.1 Å². The molecular weight excluding hydrogens is 407 g/mol. The lowest BCUT2D eigenvalue weighted by molar-refractivity contribution is -0.138. The Morgan fingerprint density at radius 2 is 1.84 bits per heavy atom. The molecule has 0 unspecified atom stereocenters. The maximum Gasteiger partial charge on any atom is 0.416 e. The molecular formula is C23H24F3N3O2. The van der Waals surface area contributed by atoms with Crippen LogP contribution in [0.4, 0.5) is 13.2 Å². The number of methoxy groups -OCH3 is 1. The van der Waals surface area contributed by atoms with Gasteiger partial charge in [-0.1, -0.05) is 24.3 Å². The number of hydrogen-bond acceptors (Lipinski definition) is 3. The summed E-state index contributed by atoms with van der Waals surface area (Å²) in [6.45, 7) is 3.35. The van der Waals surface area contributed by atoms with Gasteiger partial charge < -0.3 is 10.1 Å². The van der Waals surface area contributed by atoms with Crippen molar-refractivity contribution in [2.75, 3.05) is 7.11 Å². The Labute approximate surface area is 178 Å². The Bertz CT molecular complexity index is 1070. The first-order valence-electron chi connectivity index (χ1n) is 9.81. The lowest BCUT2D eigenvalue weighted by atomic mass is 10.1. The fourth-order valence-electron chi connectivity index (χ4n) is 3.44. The highest BCUT2D eigenvalue weighted by atomic mass is 19.4. The fraction of sp³-hybridized carbons (Fsp3) is 0.304. The zero-order chi connectivity index (χ0) is 22.6. The minimum Gasteiger partial charge on any atom is -0.496 e. The van der Waals surface area contributed by atoms with E-state index in [0.29, 0.717) is 17.9 Å². The summed E-state index contributed by atoms with van der Waals surface area (Å²) >= 11 is 0. The molecule has 0 atom stereocenters. The molecule has 0 aliphatic heterocycles. The number of carbonyl (C=O) groups is 1. The minimum atomic E-state index is -4.55. The molecule has 0 radical (unpaired) electrons. The fourth-order valence-corrected chi connectivity index (χ4v) is 3.44. The van der Waals surface area contributed by atoms with E-state index in [1.54, 1.807) is 39.2 Å². The predicted octanol–water partition coefficient (Wildman–Crippen LogP) is 4.77. The van der Waals surface area contributed by atoms with Gasteiger partial charge in [0.15, 0.2) is 0 Å². The zero-order valence-corrected chi connectivity index (χ0v) is 17.6. The van der Waals surface area contributed by atoms with Crippen molar-refractivity contribution >= 4 is 5.91 Å². The van der Waals surface area contributed by atoms with Crippen LogP contribution in [-0.4, -0.2) is 22.8 Å². The van der Waals surface area contributed by atoms with E-state index >= 15 is 0 Å². The van der Waals surface area contributed by atoms with E-state index in [0.717, 1.165) is 23.0 Å². The molecule has 164 valence electrons. The van der Waals surface area contributed by atoms with Crippen LogP contribution >= 0.6 is 0 Å². The first-order chi connectivity index (χ1) is 14.7. The average Bonchev–Trinajstić information content (AvgIpc) is 3.08. The zero-order valence-electron chi connectivity index (χ0n) is 17.6. The molecule has 1 aromatic heterocycles. The van der Waals surface area contributed by atoms with E-state index < -0.39 is 11.7 Å². The molecule has 3 rings (SSSR count). The molecule has 5 nitrogen and oxygen atoms in total. The van der Waals surface area contributed by atoms with Crippen LogP contribution in [0.1, 0.15) is 34.5 Å². The van der Waals surface area contributed by atoms with E-state index in [2.05, 4.69) is 10.4 Å². The molecule has 31 heavy (non-hydrogen) atoms. The molecule has 0 spiro atoms. The monoisotopic (exact) mass is 431 g/mol. The number of ether oxygens (including phenoxy) is 1. The van der Waals surface area contributed by atoms with E-state index in [9.17, 15) is 18.0 Å². The molecule has 2 aromatic carbocycles. The van der Waals surface area contributed by atoms with Gasteiger partial charge in [0.25, 0.3) is 0 Å². The molecule has 1 heterocycles. The summed E-state index contributed by atoms with van der Waals surface area (Å²) in [5.74, 6) is 0.344. The third-order valence-corrected chi connectivity index (χ3v) is 4.94. The minimum absolute atomic E-state index is 0.00317. The maximum absolute atomic E-state index is 13.7. The van der Waals surface area contributed by atoms with E-state index in [1.807, 2.05) is 18.2 Å². The lowest BCUT2D eigenvalue weighted by Gasteiger charge is -2.16.